The highest BCUT2D eigenvalue weighted by atomic mass is 16.3. The number of fused-ring (bicyclic) bond motifs is 1. The molecule has 0 saturated heterocycles. The Morgan fingerprint density at radius 2 is 2.19 bits per heavy atom. The van der Waals surface area contributed by atoms with Gasteiger partial charge in [-0.05, 0) is 19.1 Å². The Kier molecular flexibility index (Phi) is 3.74. The van der Waals surface area contributed by atoms with Crippen LogP contribution in [-0.4, -0.2) is 36.4 Å². The van der Waals surface area contributed by atoms with Crippen molar-refractivity contribution in [3.8, 4) is 0 Å². The van der Waals surface area contributed by atoms with Crippen molar-refractivity contribution in [2.45, 2.75) is 19.5 Å². The first-order chi connectivity index (χ1) is 10.3. The molecule has 2 N–H and O–H groups in total. The van der Waals surface area contributed by atoms with Crippen LogP contribution < -0.4 is 5.32 Å². The molecule has 7 heteroatoms. The van der Waals surface area contributed by atoms with E-state index in [0.29, 0.717) is 18.0 Å². The average Bonchev–Trinajstić information content (AvgIpc) is 2.93. The van der Waals surface area contributed by atoms with Crippen molar-refractivity contribution >= 4 is 16.9 Å². The third-order valence-electron chi connectivity index (χ3n) is 3.23. The molecule has 0 fully saturated rings. The van der Waals surface area contributed by atoms with Crippen molar-refractivity contribution in [3.05, 3.63) is 42.6 Å². The summed E-state index contributed by atoms with van der Waals surface area (Å²) in [5.41, 5.74) is 1.64. The van der Waals surface area contributed by atoms with Crippen LogP contribution in [0.5, 0.6) is 0 Å². The van der Waals surface area contributed by atoms with Gasteiger partial charge in [-0.15, -0.1) is 0 Å². The summed E-state index contributed by atoms with van der Waals surface area (Å²) in [7, 11) is 0. The smallest absolute Gasteiger partial charge is 0.163 e. The molecule has 7 nitrogen and oxygen atoms in total. The van der Waals surface area contributed by atoms with E-state index >= 15 is 0 Å². The standard InChI is InChI=1S/C14H16N6O/c1-10(12-4-2-3-5-15-12)19-13-11-8-18-20(6-7-21)14(11)17-9-16-13/h2-5,8-10,21H,6-7H2,1H3,(H,16,17,19)/t10-/m1/s1. The van der Waals surface area contributed by atoms with Crippen molar-refractivity contribution in [1.82, 2.24) is 24.7 Å². The fraction of sp³-hybridized carbons (Fsp3) is 0.286. The minimum atomic E-state index is 0.0190. The molecule has 0 saturated carbocycles. The number of rotatable bonds is 5. The Labute approximate surface area is 121 Å². The monoisotopic (exact) mass is 284 g/mol. The molecule has 0 radical (unpaired) electrons. The first kappa shape index (κ1) is 13.4. The molecule has 0 amide bonds. The summed E-state index contributed by atoms with van der Waals surface area (Å²) in [6.45, 7) is 2.46. The van der Waals surface area contributed by atoms with Crippen molar-refractivity contribution in [2.75, 3.05) is 11.9 Å². The van der Waals surface area contributed by atoms with Gasteiger partial charge >= 0.3 is 0 Å². The summed E-state index contributed by atoms with van der Waals surface area (Å²) in [4.78, 5) is 12.8. The third kappa shape index (κ3) is 2.68. The number of anilines is 1. The number of aromatic nitrogens is 5. The van der Waals surface area contributed by atoms with Crippen LogP contribution in [0.15, 0.2) is 36.9 Å². The number of aliphatic hydroxyl groups excluding tert-OH is 1. The quantitative estimate of drug-likeness (QED) is 0.736. The molecule has 3 aromatic heterocycles. The molecule has 0 aliphatic carbocycles. The molecule has 0 aliphatic rings. The molecule has 3 rings (SSSR count). The molecule has 1 atom stereocenters. The molecular formula is C14H16N6O. The fourth-order valence-corrected chi connectivity index (χ4v) is 2.18. The number of aliphatic hydroxyl groups is 1. The van der Waals surface area contributed by atoms with E-state index in [1.165, 1.54) is 6.33 Å². The zero-order valence-electron chi connectivity index (χ0n) is 11.6. The second-order valence-corrected chi connectivity index (χ2v) is 4.67. The maximum Gasteiger partial charge on any atom is 0.163 e. The molecule has 108 valence electrons. The Morgan fingerprint density at radius 1 is 1.29 bits per heavy atom. The number of pyridine rings is 1. The van der Waals surface area contributed by atoms with Gasteiger partial charge in [0, 0.05) is 6.20 Å². The van der Waals surface area contributed by atoms with Crippen LogP contribution >= 0.6 is 0 Å². The van der Waals surface area contributed by atoms with Gasteiger partial charge < -0.3 is 10.4 Å². The highest BCUT2D eigenvalue weighted by molar-refractivity contribution is 5.86. The van der Waals surface area contributed by atoms with E-state index in [0.717, 1.165) is 11.1 Å². The van der Waals surface area contributed by atoms with Gasteiger partial charge in [-0.25, -0.2) is 14.6 Å². The lowest BCUT2D eigenvalue weighted by atomic mass is 10.2. The van der Waals surface area contributed by atoms with E-state index in [4.69, 9.17) is 5.11 Å². The zero-order chi connectivity index (χ0) is 14.7. The fourth-order valence-electron chi connectivity index (χ4n) is 2.18. The van der Waals surface area contributed by atoms with Crippen LogP contribution in [0, 0.1) is 0 Å². The summed E-state index contributed by atoms with van der Waals surface area (Å²) in [6.07, 6.45) is 4.96. The molecule has 0 unspecified atom stereocenters. The first-order valence-corrected chi connectivity index (χ1v) is 6.74. The predicted molar refractivity (Wildman–Crippen MR) is 78.7 cm³/mol. The maximum atomic E-state index is 9.03. The Morgan fingerprint density at radius 3 is 2.95 bits per heavy atom. The zero-order valence-corrected chi connectivity index (χ0v) is 11.6. The van der Waals surface area contributed by atoms with Crippen molar-refractivity contribution in [2.24, 2.45) is 0 Å². The summed E-state index contributed by atoms with van der Waals surface area (Å²) >= 11 is 0. The third-order valence-corrected chi connectivity index (χ3v) is 3.23. The largest absolute Gasteiger partial charge is 0.394 e. The molecular weight excluding hydrogens is 268 g/mol. The second-order valence-electron chi connectivity index (χ2n) is 4.67. The van der Waals surface area contributed by atoms with E-state index in [-0.39, 0.29) is 12.6 Å². The summed E-state index contributed by atoms with van der Waals surface area (Å²) in [5, 5.41) is 17.4. The molecule has 0 aliphatic heterocycles. The van der Waals surface area contributed by atoms with Crippen LogP contribution in [0.3, 0.4) is 0 Å². The van der Waals surface area contributed by atoms with E-state index < -0.39 is 0 Å². The van der Waals surface area contributed by atoms with Crippen molar-refractivity contribution in [1.29, 1.82) is 0 Å². The second kappa shape index (κ2) is 5.84. The van der Waals surface area contributed by atoms with Crippen LogP contribution in [0.4, 0.5) is 5.82 Å². The van der Waals surface area contributed by atoms with Crippen LogP contribution in [0.25, 0.3) is 11.0 Å². The van der Waals surface area contributed by atoms with Crippen molar-refractivity contribution in [3.63, 3.8) is 0 Å². The van der Waals surface area contributed by atoms with Gasteiger partial charge in [-0.3, -0.25) is 4.98 Å². The van der Waals surface area contributed by atoms with Gasteiger partial charge in [0.15, 0.2) is 5.65 Å². The van der Waals surface area contributed by atoms with Gasteiger partial charge in [0.05, 0.1) is 36.5 Å². The molecule has 3 aromatic rings. The number of nitrogens with zero attached hydrogens (tertiary/aromatic N) is 5. The molecule has 0 bridgehead atoms. The molecule has 3 heterocycles. The van der Waals surface area contributed by atoms with Crippen LogP contribution in [0.1, 0.15) is 18.7 Å². The lowest BCUT2D eigenvalue weighted by Crippen LogP contribution is -2.10. The predicted octanol–water partition coefficient (Wildman–Crippen LogP) is 1.39. The molecule has 0 spiro atoms. The summed E-state index contributed by atoms with van der Waals surface area (Å²) < 4.78 is 1.66. The lowest BCUT2D eigenvalue weighted by molar-refractivity contribution is 0.271. The Balaban J connectivity index is 1.90. The number of nitrogens with one attached hydrogen (secondary N) is 1. The van der Waals surface area contributed by atoms with Gasteiger partial charge in [-0.2, -0.15) is 5.10 Å². The molecule has 0 aromatic carbocycles. The van der Waals surface area contributed by atoms with Crippen molar-refractivity contribution < 1.29 is 5.11 Å². The van der Waals surface area contributed by atoms with Crippen LogP contribution in [0.2, 0.25) is 0 Å². The Hall–Kier alpha value is -2.54. The topological polar surface area (TPSA) is 88.8 Å². The minimum absolute atomic E-state index is 0.0190. The van der Waals surface area contributed by atoms with E-state index in [2.05, 4.69) is 25.4 Å². The summed E-state index contributed by atoms with van der Waals surface area (Å²) in [6, 6.07) is 5.82. The van der Waals surface area contributed by atoms with Gasteiger partial charge in [0.1, 0.15) is 12.1 Å². The van der Waals surface area contributed by atoms with E-state index in [9.17, 15) is 0 Å². The number of hydrogen-bond donors (Lipinski definition) is 2. The normalized spacial score (nSPS) is 12.5. The van der Waals surface area contributed by atoms with E-state index in [1.54, 1.807) is 17.1 Å². The lowest BCUT2D eigenvalue weighted by Gasteiger charge is -2.14. The average molecular weight is 284 g/mol. The highest BCUT2D eigenvalue weighted by Crippen LogP contribution is 2.22. The maximum absolute atomic E-state index is 9.03. The van der Waals surface area contributed by atoms with Gasteiger partial charge in [0.2, 0.25) is 0 Å². The highest BCUT2D eigenvalue weighted by Gasteiger charge is 2.12. The Bertz CT molecular complexity index is 727. The minimum Gasteiger partial charge on any atom is -0.394 e. The van der Waals surface area contributed by atoms with Gasteiger partial charge in [-0.1, -0.05) is 6.07 Å². The SMILES string of the molecule is C[C@@H](Nc1ncnc2c1cnn2CCO)c1ccccn1. The van der Waals surface area contributed by atoms with E-state index in [1.807, 2.05) is 25.1 Å². The number of hydrogen-bond acceptors (Lipinski definition) is 6. The summed E-state index contributed by atoms with van der Waals surface area (Å²) in [5.74, 6) is 0.711. The van der Waals surface area contributed by atoms with Gasteiger partial charge in [0.25, 0.3) is 0 Å². The first-order valence-electron chi connectivity index (χ1n) is 6.74. The van der Waals surface area contributed by atoms with Crippen LogP contribution in [-0.2, 0) is 6.54 Å². The molecule has 21 heavy (non-hydrogen) atoms.